The number of hydrogen-bond acceptors (Lipinski definition) is 3. The molecule has 0 amide bonds. The molecule has 0 aliphatic heterocycles. The van der Waals surface area contributed by atoms with E-state index in [4.69, 9.17) is 4.52 Å². The highest BCUT2D eigenvalue weighted by Gasteiger charge is 2.10. The van der Waals surface area contributed by atoms with Gasteiger partial charge in [-0.2, -0.15) is 0 Å². The van der Waals surface area contributed by atoms with Gasteiger partial charge in [0, 0.05) is 11.6 Å². The lowest BCUT2D eigenvalue weighted by Crippen LogP contribution is -1.92. The number of hydrogen-bond donors (Lipinski definition) is 1. The lowest BCUT2D eigenvalue weighted by atomic mass is 10.1. The van der Waals surface area contributed by atoms with Crippen molar-refractivity contribution < 1.29 is 13.8 Å². The van der Waals surface area contributed by atoms with Gasteiger partial charge in [0.15, 0.2) is 5.50 Å². The van der Waals surface area contributed by atoms with E-state index in [1.807, 2.05) is 0 Å². The van der Waals surface area contributed by atoms with E-state index in [9.17, 15) is 9.28 Å². The second kappa shape index (κ2) is 4.09. The molecule has 1 heterocycles. The number of nitrogens with zero attached hydrogens (tertiary/aromatic N) is 1. The van der Waals surface area contributed by atoms with E-state index >= 15 is 0 Å². The summed E-state index contributed by atoms with van der Waals surface area (Å²) >= 11 is 0. The molecular weight excluding hydrogens is 216 g/mol. The molecule has 3 nitrogen and oxygen atoms in total. The maximum Gasteiger partial charge on any atom is 0.185 e. The maximum absolute atomic E-state index is 12.7. The van der Waals surface area contributed by atoms with Crippen LogP contribution in [0.3, 0.4) is 0 Å². The summed E-state index contributed by atoms with van der Waals surface area (Å²) in [6.45, 7) is 1.66. The Hall–Kier alpha value is -1.25. The Morgan fingerprint density at radius 1 is 1.33 bits per heavy atom. The molecule has 78 valence electrons. The van der Waals surface area contributed by atoms with Gasteiger partial charge in [0.05, 0.1) is 8.15 Å². The first-order valence-corrected chi connectivity index (χ1v) is 6.06. The van der Waals surface area contributed by atoms with E-state index in [0.717, 1.165) is 5.56 Å². The molecule has 0 saturated heterocycles. The lowest BCUT2D eigenvalue weighted by molar-refractivity contribution is 0.444. The molecule has 2 rings (SSSR count). The zero-order valence-electron chi connectivity index (χ0n) is 8.01. The lowest BCUT2D eigenvalue weighted by Gasteiger charge is -1.94. The minimum absolute atomic E-state index is 0.289. The molecule has 1 aromatic heterocycles. The topological polar surface area (TPSA) is 46.3 Å². The molecule has 1 N–H and O–H groups in total. The Kier molecular flexibility index (Phi) is 2.80. The Balaban J connectivity index is 2.33. The van der Waals surface area contributed by atoms with Crippen molar-refractivity contribution in [2.75, 3.05) is 6.66 Å². The van der Waals surface area contributed by atoms with Crippen molar-refractivity contribution in [3.05, 3.63) is 36.1 Å². The van der Waals surface area contributed by atoms with Gasteiger partial charge >= 0.3 is 0 Å². The number of aromatic nitrogens is 1. The number of benzene rings is 1. The molecule has 0 aliphatic rings. The highest BCUT2D eigenvalue weighted by molar-refractivity contribution is 7.58. The van der Waals surface area contributed by atoms with Crippen LogP contribution >= 0.6 is 8.15 Å². The molecule has 5 heteroatoms. The molecule has 1 aromatic carbocycles. The Bertz CT molecular complexity index is 453. The van der Waals surface area contributed by atoms with E-state index < -0.39 is 8.15 Å². The fourth-order valence-corrected chi connectivity index (χ4v) is 1.64. The molecule has 1 atom stereocenters. The van der Waals surface area contributed by atoms with Crippen LogP contribution in [-0.2, 0) is 0 Å². The largest absolute Gasteiger partial charge is 0.366 e. The minimum Gasteiger partial charge on any atom is -0.366 e. The smallest absolute Gasteiger partial charge is 0.185 e. The standard InChI is InChI=1S/C10H9FNO2P/c1-15(13)10-6-9(12-14-10)7-2-4-8(11)5-3-7/h2-6,13H,1H3. The summed E-state index contributed by atoms with van der Waals surface area (Å²) in [4.78, 5) is 9.30. The number of rotatable bonds is 2. The third kappa shape index (κ3) is 2.22. The van der Waals surface area contributed by atoms with Gasteiger partial charge in [-0.1, -0.05) is 5.16 Å². The first-order chi connectivity index (χ1) is 7.16. The van der Waals surface area contributed by atoms with Crippen molar-refractivity contribution in [1.29, 1.82) is 0 Å². The van der Waals surface area contributed by atoms with Crippen molar-refractivity contribution in [3.8, 4) is 11.3 Å². The van der Waals surface area contributed by atoms with Crippen molar-refractivity contribution in [1.82, 2.24) is 5.16 Å². The van der Waals surface area contributed by atoms with Crippen LogP contribution in [0.4, 0.5) is 4.39 Å². The van der Waals surface area contributed by atoms with Gasteiger partial charge in [-0.15, -0.1) is 0 Å². The molecule has 0 fully saturated rings. The zero-order chi connectivity index (χ0) is 10.8. The van der Waals surface area contributed by atoms with Gasteiger partial charge in [0.1, 0.15) is 11.5 Å². The summed E-state index contributed by atoms with van der Waals surface area (Å²) in [6.07, 6.45) is 0. The molecular formula is C10H9FNO2P. The fraction of sp³-hybridized carbons (Fsp3) is 0.100. The van der Waals surface area contributed by atoms with Crippen molar-refractivity contribution in [3.63, 3.8) is 0 Å². The summed E-state index contributed by atoms with van der Waals surface area (Å²) in [6, 6.07) is 7.62. The second-order valence-corrected chi connectivity index (χ2v) is 4.57. The first kappa shape index (κ1) is 10.3. The molecule has 0 radical (unpaired) electrons. The van der Waals surface area contributed by atoms with Crippen LogP contribution in [0, 0.1) is 5.82 Å². The normalized spacial score (nSPS) is 12.7. The molecule has 1 unspecified atom stereocenters. The third-order valence-electron chi connectivity index (χ3n) is 1.96. The van der Waals surface area contributed by atoms with Gasteiger partial charge in [-0.25, -0.2) is 4.39 Å². The second-order valence-electron chi connectivity index (χ2n) is 3.08. The van der Waals surface area contributed by atoms with Crippen molar-refractivity contribution in [2.24, 2.45) is 0 Å². The van der Waals surface area contributed by atoms with Crippen LogP contribution in [-0.4, -0.2) is 16.7 Å². The van der Waals surface area contributed by atoms with E-state index in [-0.39, 0.29) is 5.82 Å². The van der Waals surface area contributed by atoms with E-state index in [2.05, 4.69) is 5.16 Å². The van der Waals surface area contributed by atoms with Crippen molar-refractivity contribution >= 4 is 13.6 Å². The molecule has 0 saturated carbocycles. The van der Waals surface area contributed by atoms with E-state index in [0.29, 0.717) is 11.2 Å². The average Bonchev–Trinajstić information content (AvgIpc) is 2.68. The predicted octanol–water partition coefficient (Wildman–Crippen LogP) is 2.12. The van der Waals surface area contributed by atoms with Crippen LogP contribution in [0.2, 0.25) is 0 Å². The van der Waals surface area contributed by atoms with Gasteiger partial charge in [-0.3, -0.25) is 0 Å². The Morgan fingerprint density at radius 2 is 2.00 bits per heavy atom. The van der Waals surface area contributed by atoms with Gasteiger partial charge < -0.3 is 9.42 Å². The minimum atomic E-state index is -1.27. The average molecular weight is 225 g/mol. The Labute approximate surface area is 87.4 Å². The fourth-order valence-electron chi connectivity index (χ4n) is 1.17. The summed E-state index contributed by atoms with van der Waals surface area (Å²) < 4.78 is 17.6. The van der Waals surface area contributed by atoms with E-state index in [1.54, 1.807) is 24.9 Å². The summed E-state index contributed by atoms with van der Waals surface area (Å²) in [5, 5.41) is 3.80. The molecule has 0 bridgehead atoms. The SMILES string of the molecule is CP(O)c1cc(-c2ccc(F)cc2)no1. The monoisotopic (exact) mass is 225 g/mol. The maximum atomic E-state index is 12.7. The molecule has 2 aromatic rings. The summed E-state index contributed by atoms with van der Waals surface area (Å²) in [5.74, 6) is -0.289. The van der Waals surface area contributed by atoms with E-state index in [1.165, 1.54) is 12.1 Å². The highest BCUT2D eigenvalue weighted by Crippen LogP contribution is 2.26. The van der Waals surface area contributed by atoms with Gasteiger partial charge in [0.25, 0.3) is 0 Å². The number of halogens is 1. The summed E-state index contributed by atoms with van der Waals surface area (Å²) in [5.41, 5.74) is 1.83. The van der Waals surface area contributed by atoms with Crippen LogP contribution in [0.15, 0.2) is 34.9 Å². The highest BCUT2D eigenvalue weighted by atomic mass is 31.1. The third-order valence-corrected chi connectivity index (χ3v) is 2.81. The van der Waals surface area contributed by atoms with Crippen LogP contribution in [0.5, 0.6) is 0 Å². The van der Waals surface area contributed by atoms with Crippen LogP contribution in [0.1, 0.15) is 0 Å². The van der Waals surface area contributed by atoms with Crippen LogP contribution in [0.25, 0.3) is 11.3 Å². The summed E-state index contributed by atoms with van der Waals surface area (Å²) in [7, 11) is -1.27. The Morgan fingerprint density at radius 3 is 2.53 bits per heavy atom. The zero-order valence-corrected chi connectivity index (χ0v) is 8.91. The van der Waals surface area contributed by atoms with Crippen molar-refractivity contribution in [2.45, 2.75) is 0 Å². The van der Waals surface area contributed by atoms with Gasteiger partial charge in [-0.05, 0) is 30.9 Å². The quantitative estimate of drug-likeness (QED) is 0.796. The van der Waals surface area contributed by atoms with Crippen LogP contribution < -0.4 is 5.50 Å². The first-order valence-electron chi connectivity index (χ1n) is 4.32. The molecule has 15 heavy (non-hydrogen) atoms. The molecule has 0 spiro atoms. The van der Waals surface area contributed by atoms with Gasteiger partial charge in [0.2, 0.25) is 0 Å². The predicted molar refractivity (Wildman–Crippen MR) is 56.6 cm³/mol. The molecule has 0 aliphatic carbocycles.